The van der Waals surface area contributed by atoms with Crippen LogP contribution in [0.1, 0.15) is 38.7 Å². The van der Waals surface area contributed by atoms with Gasteiger partial charge in [0.15, 0.2) is 0 Å². The van der Waals surface area contributed by atoms with Crippen LogP contribution in [0.15, 0.2) is 24.3 Å². The topological polar surface area (TPSA) is 35.6 Å². The molecule has 26 heavy (non-hydrogen) atoms. The van der Waals surface area contributed by atoms with Gasteiger partial charge in [-0.3, -0.25) is 0 Å². The summed E-state index contributed by atoms with van der Waals surface area (Å²) in [7, 11) is 0. The molecule has 2 unspecified atom stereocenters. The van der Waals surface area contributed by atoms with E-state index in [2.05, 4.69) is 24.1 Å². The largest absolute Gasteiger partial charge is 0.334 e. The molecule has 0 aromatic heterocycles. The van der Waals surface area contributed by atoms with Crippen LogP contribution < -0.4 is 5.32 Å². The van der Waals surface area contributed by atoms with E-state index >= 15 is 0 Å². The number of amides is 2. The lowest BCUT2D eigenvalue weighted by Gasteiger charge is -2.39. The summed E-state index contributed by atoms with van der Waals surface area (Å²) in [6.07, 6.45) is 3.52. The Morgan fingerprint density at radius 3 is 2.35 bits per heavy atom. The summed E-state index contributed by atoms with van der Waals surface area (Å²) in [5.74, 6) is 2.06. The maximum absolute atomic E-state index is 12.9. The molecule has 2 fully saturated rings. The first-order valence-corrected chi connectivity index (χ1v) is 9.99. The zero-order valence-corrected chi connectivity index (χ0v) is 16.1. The number of piperidine rings is 2. The summed E-state index contributed by atoms with van der Waals surface area (Å²) in [5.41, 5.74) is 0.919. The van der Waals surface area contributed by atoms with Crippen molar-refractivity contribution < 1.29 is 9.18 Å². The van der Waals surface area contributed by atoms with Crippen molar-refractivity contribution in [1.82, 2.24) is 15.1 Å². The Morgan fingerprint density at radius 1 is 1.12 bits per heavy atom. The predicted molar refractivity (Wildman–Crippen MR) is 102 cm³/mol. The van der Waals surface area contributed by atoms with Crippen LogP contribution in [0.2, 0.25) is 0 Å². The van der Waals surface area contributed by atoms with Gasteiger partial charge in [0.05, 0.1) is 0 Å². The highest BCUT2D eigenvalue weighted by molar-refractivity contribution is 5.74. The van der Waals surface area contributed by atoms with Gasteiger partial charge in [-0.25, -0.2) is 9.18 Å². The molecule has 0 radical (unpaired) electrons. The van der Waals surface area contributed by atoms with E-state index in [1.54, 1.807) is 12.1 Å². The van der Waals surface area contributed by atoms with Crippen molar-refractivity contribution in [3.63, 3.8) is 0 Å². The van der Waals surface area contributed by atoms with Gasteiger partial charge >= 0.3 is 6.03 Å². The Hall–Kier alpha value is -1.62. The van der Waals surface area contributed by atoms with Crippen molar-refractivity contribution in [3.05, 3.63) is 35.6 Å². The number of hydrogen-bond acceptors (Lipinski definition) is 2. The third-order valence-corrected chi connectivity index (χ3v) is 5.72. The molecule has 1 aromatic rings. The summed E-state index contributed by atoms with van der Waals surface area (Å²) < 4.78 is 12.9. The smallest absolute Gasteiger partial charge is 0.317 e. The van der Waals surface area contributed by atoms with Crippen LogP contribution in [0.3, 0.4) is 0 Å². The van der Waals surface area contributed by atoms with Crippen LogP contribution in [0.25, 0.3) is 0 Å². The molecular formula is C21H32FN3O. The number of rotatable bonds is 4. The average Bonchev–Trinajstić information content (AvgIpc) is 2.61. The molecule has 4 nitrogen and oxygen atoms in total. The molecule has 144 valence electrons. The van der Waals surface area contributed by atoms with Crippen LogP contribution in [0, 0.1) is 23.6 Å². The first kappa shape index (κ1) is 19.2. The van der Waals surface area contributed by atoms with Gasteiger partial charge in [-0.1, -0.05) is 26.0 Å². The van der Waals surface area contributed by atoms with Crippen LogP contribution in [-0.4, -0.2) is 48.6 Å². The number of likely N-dealkylation sites (tertiary alicyclic amines) is 2. The van der Waals surface area contributed by atoms with Crippen LogP contribution in [-0.2, 0) is 6.54 Å². The van der Waals surface area contributed by atoms with Gasteiger partial charge < -0.3 is 15.1 Å². The normalized spacial score (nSPS) is 25.3. The molecule has 1 N–H and O–H groups in total. The van der Waals surface area contributed by atoms with E-state index in [1.165, 1.54) is 38.2 Å². The number of hydrogen-bond donors (Lipinski definition) is 1. The predicted octanol–water partition coefficient (Wildman–Crippen LogP) is 3.73. The van der Waals surface area contributed by atoms with Crippen LogP contribution in [0.4, 0.5) is 9.18 Å². The molecule has 0 aliphatic carbocycles. The second-order valence-corrected chi connectivity index (χ2v) is 8.38. The molecule has 2 amide bonds. The SMILES string of the molecule is CC1CC(C)CN(CC2CCN(C(=O)NCc3ccc(F)cc3)CC2)C1. The van der Waals surface area contributed by atoms with Crippen molar-refractivity contribution in [1.29, 1.82) is 0 Å². The highest BCUT2D eigenvalue weighted by atomic mass is 19.1. The van der Waals surface area contributed by atoms with Gasteiger partial charge in [-0.05, 0) is 54.7 Å². The number of carbonyl (C=O) groups is 1. The fourth-order valence-corrected chi connectivity index (χ4v) is 4.52. The average molecular weight is 362 g/mol. The molecule has 5 heteroatoms. The van der Waals surface area contributed by atoms with Gasteiger partial charge in [0.1, 0.15) is 5.82 Å². The highest BCUT2D eigenvalue weighted by Gasteiger charge is 2.27. The number of carbonyl (C=O) groups excluding carboxylic acids is 1. The Morgan fingerprint density at radius 2 is 1.73 bits per heavy atom. The third-order valence-electron chi connectivity index (χ3n) is 5.72. The zero-order valence-electron chi connectivity index (χ0n) is 16.1. The van der Waals surface area contributed by atoms with E-state index in [1.807, 2.05) is 4.90 Å². The zero-order chi connectivity index (χ0) is 18.5. The van der Waals surface area contributed by atoms with Crippen molar-refractivity contribution in [3.8, 4) is 0 Å². The minimum absolute atomic E-state index is 0.00649. The number of urea groups is 1. The quantitative estimate of drug-likeness (QED) is 0.887. The summed E-state index contributed by atoms with van der Waals surface area (Å²) in [6.45, 7) is 10.5. The highest BCUT2D eigenvalue weighted by Crippen LogP contribution is 2.25. The van der Waals surface area contributed by atoms with Crippen molar-refractivity contribution in [2.24, 2.45) is 17.8 Å². The minimum atomic E-state index is -0.250. The third kappa shape index (κ3) is 5.44. The molecule has 2 aliphatic heterocycles. The van der Waals surface area contributed by atoms with Crippen molar-refractivity contribution in [2.45, 2.75) is 39.7 Å². The van der Waals surface area contributed by atoms with Crippen molar-refractivity contribution in [2.75, 3.05) is 32.7 Å². The van der Waals surface area contributed by atoms with Crippen LogP contribution >= 0.6 is 0 Å². The number of nitrogens with zero attached hydrogens (tertiary/aromatic N) is 2. The Labute approximate surface area is 156 Å². The van der Waals surface area contributed by atoms with E-state index in [9.17, 15) is 9.18 Å². The second kappa shape index (κ2) is 8.85. The lowest BCUT2D eigenvalue weighted by molar-refractivity contribution is 0.0995. The van der Waals surface area contributed by atoms with Gasteiger partial charge in [0, 0.05) is 39.3 Å². The fourth-order valence-electron chi connectivity index (χ4n) is 4.52. The maximum atomic E-state index is 12.9. The van der Waals surface area contributed by atoms with E-state index in [0.29, 0.717) is 12.5 Å². The second-order valence-electron chi connectivity index (χ2n) is 8.38. The summed E-state index contributed by atoms with van der Waals surface area (Å²) in [6, 6.07) is 6.27. The standard InChI is InChI=1S/C21H32FN3O/c1-16-11-17(2)14-24(13-16)15-19-7-9-25(10-8-19)21(26)23-12-18-3-5-20(22)6-4-18/h3-6,16-17,19H,7-15H2,1-2H3,(H,23,26). The Kier molecular flexibility index (Phi) is 6.52. The lowest BCUT2D eigenvalue weighted by Crippen LogP contribution is -2.47. The summed E-state index contributed by atoms with van der Waals surface area (Å²) in [5, 5.41) is 2.95. The molecule has 2 atom stereocenters. The van der Waals surface area contributed by atoms with Gasteiger partial charge in [-0.2, -0.15) is 0 Å². The van der Waals surface area contributed by atoms with Gasteiger partial charge in [0.25, 0.3) is 0 Å². The first-order valence-electron chi connectivity index (χ1n) is 9.99. The molecule has 0 saturated carbocycles. The monoisotopic (exact) mass is 361 g/mol. The summed E-state index contributed by atoms with van der Waals surface area (Å²) >= 11 is 0. The van der Waals surface area contributed by atoms with E-state index < -0.39 is 0 Å². The molecule has 0 spiro atoms. The van der Waals surface area contributed by atoms with Crippen molar-refractivity contribution >= 4 is 6.03 Å². The lowest BCUT2D eigenvalue weighted by atomic mass is 9.89. The molecule has 2 heterocycles. The molecule has 3 rings (SSSR count). The Balaban J connectivity index is 1.38. The van der Waals surface area contributed by atoms with Crippen LogP contribution in [0.5, 0.6) is 0 Å². The molecule has 2 aliphatic rings. The fraction of sp³-hybridized carbons (Fsp3) is 0.667. The van der Waals surface area contributed by atoms with E-state index in [0.717, 1.165) is 43.3 Å². The molecule has 0 bridgehead atoms. The molecule has 1 aromatic carbocycles. The van der Waals surface area contributed by atoms with E-state index in [4.69, 9.17) is 0 Å². The van der Waals surface area contributed by atoms with Gasteiger partial charge in [-0.15, -0.1) is 0 Å². The summed E-state index contributed by atoms with van der Waals surface area (Å²) in [4.78, 5) is 16.9. The first-order chi connectivity index (χ1) is 12.5. The van der Waals surface area contributed by atoms with Gasteiger partial charge in [0.2, 0.25) is 0 Å². The Bertz CT molecular complexity index is 573. The number of halogens is 1. The molecule has 2 saturated heterocycles. The molecular weight excluding hydrogens is 329 g/mol. The number of benzene rings is 1. The maximum Gasteiger partial charge on any atom is 0.317 e. The number of nitrogens with one attached hydrogen (secondary N) is 1. The minimum Gasteiger partial charge on any atom is -0.334 e. The van der Waals surface area contributed by atoms with E-state index in [-0.39, 0.29) is 11.8 Å².